The molecule has 1 aromatic heterocycles. The Balaban J connectivity index is 1.54. The van der Waals surface area contributed by atoms with E-state index >= 15 is 0 Å². The zero-order valence-corrected chi connectivity index (χ0v) is 16.3. The van der Waals surface area contributed by atoms with Crippen LogP contribution in [0.3, 0.4) is 0 Å². The second-order valence-corrected chi connectivity index (χ2v) is 7.78. The molecule has 2 aliphatic rings. The molecule has 27 heavy (non-hydrogen) atoms. The number of carbonyl (C=O) groups excluding carboxylic acids is 1. The SMILES string of the molecule is COc1ccc([C@H]2[C@@H]3CN(Cc4cccc(C)n4)C[C@@H]3CN2C(C)=O)cc1. The third-order valence-electron chi connectivity index (χ3n) is 5.93. The summed E-state index contributed by atoms with van der Waals surface area (Å²) in [6, 6.07) is 14.5. The van der Waals surface area contributed by atoms with Gasteiger partial charge in [-0.15, -0.1) is 0 Å². The number of hydrogen-bond acceptors (Lipinski definition) is 4. The molecule has 2 saturated heterocycles. The van der Waals surface area contributed by atoms with Crippen molar-refractivity contribution in [3.8, 4) is 5.75 Å². The van der Waals surface area contributed by atoms with Gasteiger partial charge < -0.3 is 9.64 Å². The second-order valence-electron chi connectivity index (χ2n) is 7.78. The van der Waals surface area contributed by atoms with E-state index in [9.17, 15) is 4.79 Å². The van der Waals surface area contributed by atoms with Crippen LogP contribution in [0.15, 0.2) is 42.5 Å². The van der Waals surface area contributed by atoms with E-state index in [-0.39, 0.29) is 11.9 Å². The Morgan fingerprint density at radius 1 is 1.15 bits per heavy atom. The number of aromatic nitrogens is 1. The molecule has 0 bridgehead atoms. The number of benzene rings is 1. The van der Waals surface area contributed by atoms with Gasteiger partial charge in [-0.1, -0.05) is 18.2 Å². The van der Waals surface area contributed by atoms with Crippen LogP contribution in [-0.2, 0) is 11.3 Å². The van der Waals surface area contributed by atoms with Crippen molar-refractivity contribution >= 4 is 5.91 Å². The Hall–Kier alpha value is -2.40. The molecule has 5 nitrogen and oxygen atoms in total. The van der Waals surface area contributed by atoms with E-state index in [2.05, 4.69) is 39.0 Å². The minimum absolute atomic E-state index is 0.147. The monoisotopic (exact) mass is 365 g/mol. The molecule has 0 spiro atoms. The second kappa shape index (κ2) is 7.31. The number of aryl methyl sites for hydroxylation is 1. The number of fused-ring (bicyclic) bond motifs is 1. The van der Waals surface area contributed by atoms with E-state index in [1.165, 1.54) is 5.56 Å². The largest absolute Gasteiger partial charge is 0.497 e. The number of pyridine rings is 1. The quantitative estimate of drug-likeness (QED) is 0.835. The summed E-state index contributed by atoms with van der Waals surface area (Å²) in [4.78, 5) is 21.5. The summed E-state index contributed by atoms with van der Waals surface area (Å²) in [7, 11) is 1.68. The topological polar surface area (TPSA) is 45.7 Å². The Labute approximate surface area is 161 Å². The van der Waals surface area contributed by atoms with Gasteiger partial charge in [0.25, 0.3) is 0 Å². The van der Waals surface area contributed by atoms with Crippen LogP contribution in [0.25, 0.3) is 0 Å². The lowest BCUT2D eigenvalue weighted by Crippen LogP contribution is -2.34. The van der Waals surface area contributed by atoms with Crippen molar-refractivity contribution in [1.82, 2.24) is 14.8 Å². The molecule has 0 unspecified atom stereocenters. The van der Waals surface area contributed by atoms with Crippen LogP contribution in [0, 0.1) is 18.8 Å². The van der Waals surface area contributed by atoms with Gasteiger partial charge >= 0.3 is 0 Å². The molecule has 0 saturated carbocycles. The smallest absolute Gasteiger partial charge is 0.219 e. The van der Waals surface area contributed by atoms with Gasteiger partial charge in [0.05, 0.1) is 18.8 Å². The molecule has 0 aliphatic carbocycles. The first-order valence-corrected chi connectivity index (χ1v) is 9.61. The zero-order chi connectivity index (χ0) is 19.0. The zero-order valence-electron chi connectivity index (χ0n) is 16.3. The van der Waals surface area contributed by atoms with Crippen molar-refractivity contribution in [3.05, 3.63) is 59.4 Å². The van der Waals surface area contributed by atoms with Crippen molar-refractivity contribution in [2.24, 2.45) is 11.8 Å². The van der Waals surface area contributed by atoms with E-state index in [1.807, 2.05) is 25.1 Å². The standard InChI is InChI=1S/C22H27N3O2/c1-15-5-4-6-19(23-15)13-24-11-18-12-25(16(2)26)22(21(18)14-24)17-7-9-20(27-3)10-8-17/h4-10,18,21-22H,11-14H2,1-3H3/t18-,21-,22+/m1/s1. The number of nitrogens with zero attached hydrogens (tertiary/aromatic N) is 3. The molecule has 5 heteroatoms. The van der Waals surface area contributed by atoms with Gasteiger partial charge in [-0.05, 0) is 42.7 Å². The lowest BCUT2D eigenvalue weighted by Gasteiger charge is -2.29. The molecule has 1 amide bonds. The molecule has 3 heterocycles. The predicted molar refractivity (Wildman–Crippen MR) is 104 cm³/mol. The lowest BCUT2D eigenvalue weighted by molar-refractivity contribution is -0.130. The molecule has 0 radical (unpaired) electrons. The highest BCUT2D eigenvalue weighted by Crippen LogP contribution is 2.45. The minimum atomic E-state index is 0.147. The maximum absolute atomic E-state index is 12.3. The van der Waals surface area contributed by atoms with E-state index in [0.29, 0.717) is 11.8 Å². The van der Waals surface area contributed by atoms with E-state index in [0.717, 1.165) is 43.3 Å². The fourth-order valence-corrected chi connectivity index (χ4v) is 4.74. The number of likely N-dealkylation sites (tertiary alicyclic amines) is 2. The summed E-state index contributed by atoms with van der Waals surface area (Å²) >= 11 is 0. The number of hydrogen-bond donors (Lipinski definition) is 0. The highest BCUT2D eigenvalue weighted by atomic mass is 16.5. The Morgan fingerprint density at radius 3 is 2.59 bits per heavy atom. The van der Waals surface area contributed by atoms with Crippen LogP contribution in [0.1, 0.15) is 29.9 Å². The van der Waals surface area contributed by atoms with Crippen LogP contribution < -0.4 is 4.74 Å². The van der Waals surface area contributed by atoms with Crippen molar-refractivity contribution in [2.45, 2.75) is 26.4 Å². The van der Waals surface area contributed by atoms with Crippen molar-refractivity contribution < 1.29 is 9.53 Å². The molecular weight excluding hydrogens is 338 g/mol. The number of carbonyl (C=O) groups is 1. The first-order valence-electron chi connectivity index (χ1n) is 9.61. The van der Waals surface area contributed by atoms with Crippen molar-refractivity contribution in [1.29, 1.82) is 0 Å². The van der Waals surface area contributed by atoms with Crippen molar-refractivity contribution in [3.63, 3.8) is 0 Å². The highest BCUT2D eigenvalue weighted by Gasteiger charge is 2.48. The van der Waals surface area contributed by atoms with E-state index in [4.69, 9.17) is 4.74 Å². The maximum atomic E-state index is 12.3. The number of methoxy groups -OCH3 is 1. The normalized spacial score (nSPS) is 24.9. The van der Waals surface area contributed by atoms with Gasteiger partial charge in [0, 0.05) is 44.7 Å². The van der Waals surface area contributed by atoms with Gasteiger partial charge in [0.15, 0.2) is 0 Å². The van der Waals surface area contributed by atoms with Gasteiger partial charge in [0.2, 0.25) is 5.91 Å². The van der Waals surface area contributed by atoms with Crippen LogP contribution in [0.2, 0.25) is 0 Å². The van der Waals surface area contributed by atoms with Crippen molar-refractivity contribution in [2.75, 3.05) is 26.7 Å². The highest BCUT2D eigenvalue weighted by molar-refractivity contribution is 5.74. The predicted octanol–water partition coefficient (Wildman–Crippen LogP) is 3.05. The van der Waals surface area contributed by atoms with Crippen LogP contribution in [-0.4, -0.2) is 47.4 Å². The number of rotatable bonds is 4. The first-order chi connectivity index (χ1) is 13.0. The van der Waals surface area contributed by atoms with Gasteiger partial charge in [-0.25, -0.2) is 0 Å². The molecule has 0 N–H and O–H groups in total. The van der Waals surface area contributed by atoms with Crippen LogP contribution in [0.4, 0.5) is 0 Å². The molecule has 1 aromatic carbocycles. The summed E-state index contributed by atoms with van der Waals surface area (Å²) in [5, 5.41) is 0. The fraction of sp³-hybridized carbons (Fsp3) is 0.455. The van der Waals surface area contributed by atoms with Crippen LogP contribution >= 0.6 is 0 Å². The minimum Gasteiger partial charge on any atom is -0.497 e. The Morgan fingerprint density at radius 2 is 1.93 bits per heavy atom. The van der Waals surface area contributed by atoms with Gasteiger partial charge in [-0.2, -0.15) is 0 Å². The van der Waals surface area contributed by atoms with Crippen LogP contribution in [0.5, 0.6) is 5.75 Å². The molecular formula is C22H27N3O2. The summed E-state index contributed by atoms with van der Waals surface area (Å²) in [6.45, 7) is 7.47. The maximum Gasteiger partial charge on any atom is 0.219 e. The third-order valence-corrected chi connectivity index (χ3v) is 5.93. The summed E-state index contributed by atoms with van der Waals surface area (Å²) in [5.74, 6) is 2.00. The molecule has 2 aliphatic heterocycles. The summed E-state index contributed by atoms with van der Waals surface area (Å²) < 4.78 is 5.29. The average Bonchev–Trinajstić information content (AvgIpc) is 3.19. The van der Waals surface area contributed by atoms with Gasteiger partial charge in [-0.3, -0.25) is 14.7 Å². The lowest BCUT2D eigenvalue weighted by atomic mass is 9.89. The Kier molecular flexibility index (Phi) is 4.87. The first kappa shape index (κ1) is 18.0. The third kappa shape index (κ3) is 3.56. The number of ether oxygens (including phenoxy) is 1. The fourth-order valence-electron chi connectivity index (χ4n) is 4.74. The van der Waals surface area contributed by atoms with E-state index in [1.54, 1.807) is 14.0 Å². The summed E-state index contributed by atoms with van der Waals surface area (Å²) in [6.07, 6.45) is 0. The average molecular weight is 365 g/mol. The molecule has 2 aromatic rings. The molecule has 142 valence electrons. The van der Waals surface area contributed by atoms with Gasteiger partial charge in [0.1, 0.15) is 5.75 Å². The Bertz CT molecular complexity index is 821. The molecule has 2 fully saturated rings. The summed E-state index contributed by atoms with van der Waals surface area (Å²) in [5.41, 5.74) is 3.39. The molecule has 4 rings (SSSR count). The molecule has 3 atom stereocenters. The van der Waals surface area contributed by atoms with E-state index < -0.39 is 0 Å². The number of amides is 1.